The van der Waals surface area contributed by atoms with E-state index in [9.17, 15) is 5.11 Å². The zero-order chi connectivity index (χ0) is 13.8. The van der Waals surface area contributed by atoms with Crippen LogP contribution in [0.5, 0.6) is 11.5 Å². The van der Waals surface area contributed by atoms with E-state index in [0.717, 1.165) is 4.47 Å². The molecule has 0 amide bonds. The van der Waals surface area contributed by atoms with Gasteiger partial charge in [0.15, 0.2) is 0 Å². The van der Waals surface area contributed by atoms with E-state index in [1.54, 1.807) is 43.6 Å². The third-order valence-electron chi connectivity index (χ3n) is 2.50. The summed E-state index contributed by atoms with van der Waals surface area (Å²) in [4.78, 5) is 4.00. The van der Waals surface area contributed by atoms with Gasteiger partial charge in [-0.05, 0) is 41.1 Å². The van der Waals surface area contributed by atoms with Crippen LogP contribution in [0.15, 0.2) is 41.1 Å². The summed E-state index contributed by atoms with van der Waals surface area (Å²) >= 11 is 3.31. The van der Waals surface area contributed by atoms with Crippen molar-refractivity contribution in [2.24, 2.45) is 0 Å². The van der Waals surface area contributed by atoms with Crippen LogP contribution in [0, 0.1) is 11.3 Å². The van der Waals surface area contributed by atoms with Crippen LogP contribution in [0.4, 0.5) is 0 Å². The Morgan fingerprint density at radius 2 is 2.16 bits per heavy atom. The second kappa shape index (κ2) is 5.83. The fraction of sp³-hybridized carbons (Fsp3) is 0.143. The maximum Gasteiger partial charge on any atom is 0.146 e. The Labute approximate surface area is 119 Å². The second-order valence-electron chi connectivity index (χ2n) is 3.98. The monoisotopic (exact) mass is 318 g/mol. The van der Waals surface area contributed by atoms with E-state index in [0.29, 0.717) is 22.6 Å². The lowest BCUT2D eigenvalue weighted by molar-refractivity contribution is 0.195. The van der Waals surface area contributed by atoms with E-state index < -0.39 is 6.10 Å². The van der Waals surface area contributed by atoms with Gasteiger partial charge in [0.1, 0.15) is 11.5 Å². The van der Waals surface area contributed by atoms with Gasteiger partial charge in [-0.2, -0.15) is 5.26 Å². The van der Waals surface area contributed by atoms with Crippen molar-refractivity contribution >= 4 is 15.9 Å². The number of hydrogen-bond donors (Lipinski definition) is 1. The van der Waals surface area contributed by atoms with E-state index >= 15 is 0 Å². The van der Waals surface area contributed by atoms with Crippen molar-refractivity contribution in [2.45, 2.75) is 13.0 Å². The van der Waals surface area contributed by atoms with Crippen molar-refractivity contribution in [3.63, 3.8) is 0 Å². The molecule has 0 aliphatic heterocycles. The summed E-state index contributed by atoms with van der Waals surface area (Å²) in [7, 11) is 0. The lowest BCUT2D eigenvalue weighted by atomic mass is 10.1. The molecule has 0 saturated carbocycles. The molecule has 1 atom stereocenters. The van der Waals surface area contributed by atoms with E-state index in [-0.39, 0.29) is 0 Å². The predicted molar refractivity (Wildman–Crippen MR) is 73.8 cm³/mol. The first-order valence-electron chi connectivity index (χ1n) is 5.60. The molecule has 4 nitrogen and oxygen atoms in total. The van der Waals surface area contributed by atoms with Crippen molar-refractivity contribution in [2.75, 3.05) is 0 Å². The number of aliphatic hydroxyl groups is 1. The first-order chi connectivity index (χ1) is 9.10. The van der Waals surface area contributed by atoms with Crippen molar-refractivity contribution < 1.29 is 9.84 Å². The number of pyridine rings is 1. The minimum absolute atomic E-state index is 0.453. The first-order valence-corrected chi connectivity index (χ1v) is 6.40. The van der Waals surface area contributed by atoms with Gasteiger partial charge < -0.3 is 9.84 Å². The highest BCUT2D eigenvalue weighted by atomic mass is 79.9. The largest absolute Gasteiger partial charge is 0.455 e. The number of halogens is 1. The Bertz CT molecular complexity index is 636. The molecule has 1 aromatic heterocycles. The molecule has 0 radical (unpaired) electrons. The zero-order valence-corrected chi connectivity index (χ0v) is 11.8. The minimum Gasteiger partial charge on any atom is -0.455 e. The molecule has 1 N–H and O–H groups in total. The average Bonchev–Trinajstić information content (AvgIpc) is 2.38. The van der Waals surface area contributed by atoms with Crippen LogP contribution >= 0.6 is 15.9 Å². The average molecular weight is 319 g/mol. The molecule has 2 rings (SSSR count). The summed E-state index contributed by atoms with van der Waals surface area (Å²) in [6.07, 6.45) is 2.53. The molecule has 2 aromatic rings. The standard InChI is InChI=1S/C14H11BrN2O2/c1-9(18)13-3-2-10(6-16)4-14(13)19-12-5-11(15)7-17-8-12/h2-5,7-9,18H,1H3. The van der Waals surface area contributed by atoms with Crippen LogP contribution < -0.4 is 4.74 Å². The van der Waals surface area contributed by atoms with Crippen LogP contribution in [0.2, 0.25) is 0 Å². The number of aliphatic hydroxyl groups excluding tert-OH is 1. The molecule has 1 unspecified atom stereocenters. The van der Waals surface area contributed by atoms with Gasteiger partial charge in [-0.3, -0.25) is 4.98 Å². The van der Waals surface area contributed by atoms with E-state index in [1.165, 1.54) is 0 Å². The number of nitriles is 1. The lowest BCUT2D eigenvalue weighted by Crippen LogP contribution is -1.97. The number of aromatic nitrogens is 1. The minimum atomic E-state index is -0.678. The van der Waals surface area contributed by atoms with Gasteiger partial charge >= 0.3 is 0 Å². The summed E-state index contributed by atoms with van der Waals surface area (Å²) in [6, 6.07) is 8.74. The smallest absolute Gasteiger partial charge is 0.146 e. The van der Waals surface area contributed by atoms with Crippen molar-refractivity contribution in [3.8, 4) is 17.6 Å². The molecule has 1 heterocycles. The number of hydrogen-bond acceptors (Lipinski definition) is 4. The molecule has 0 spiro atoms. The summed E-state index contributed by atoms with van der Waals surface area (Å²) < 4.78 is 6.48. The molecule has 96 valence electrons. The van der Waals surface area contributed by atoms with Gasteiger partial charge in [-0.15, -0.1) is 0 Å². The first kappa shape index (κ1) is 13.5. The summed E-state index contributed by atoms with van der Waals surface area (Å²) in [5, 5.41) is 18.6. The zero-order valence-electron chi connectivity index (χ0n) is 10.2. The maximum absolute atomic E-state index is 9.71. The molecular formula is C14H11BrN2O2. The number of rotatable bonds is 3. The quantitative estimate of drug-likeness (QED) is 0.939. The van der Waals surface area contributed by atoms with Gasteiger partial charge in [0.25, 0.3) is 0 Å². The molecule has 0 bridgehead atoms. The number of ether oxygens (including phenoxy) is 1. The lowest BCUT2D eigenvalue weighted by Gasteiger charge is -2.13. The SMILES string of the molecule is CC(O)c1ccc(C#N)cc1Oc1cncc(Br)c1. The molecule has 0 saturated heterocycles. The van der Waals surface area contributed by atoms with Crippen molar-refractivity contribution in [3.05, 3.63) is 52.3 Å². The Morgan fingerprint density at radius 3 is 2.79 bits per heavy atom. The summed E-state index contributed by atoms with van der Waals surface area (Å²) in [6.45, 7) is 1.65. The van der Waals surface area contributed by atoms with Crippen LogP contribution in [-0.2, 0) is 0 Å². The molecule has 5 heteroatoms. The van der Waals surface area contributed by atoms with Crippen LogP contribution in [0.1, 0.15) is 24.2 Å². The maximum atomic E-state index is 9.71. The Balaban J connectivity index is 2.40. The molecular weight excluding hydrogens is 308 g/mol. The summed E-state index contributed by atoms with van der Waals surface area (Å²) in [5.74, 6) is 0.986. The fourth-order valence-electron chi connectivity index (χ4n) is 1.61. The number of nitrogens with zero attached hydrogens (tertiary/aromatic N) is 2. The van der Waals surface area contributed by atoms with Gasteiger partial charge in [-0.1, -0.05) is 6.07 Å². The second-order valence-corrected chi connectivity index (χ2v) is 4.90. The normalized spacial score (nSPS) is 11.7. The molecule has 0 fully saturated rings. The molecule has 19 heavy (non-hydrogen) atoms. The molecule has 0 aliphatic rings. The fourth-order valence-corrected chi connectivity index (χ4v) is 1.96. The predicted octanol–water partition coefficient (Wildman–Crippen LogP) is 3.56. The van der Waals surface area contributed by atoms with Gasteiger partial charge in [-0.25, -0.2) is 0 Å². The number of benzene rings is 1. The highest BCUT2D eigenvalue weighted by molar-refractivity contribution is 9.10. The Morgan fingerprint density at radius 1 is 1.37 bits per heavy atom. The topological polar surface area (TPSA) is 66.1 Å². The highest BCUT2D eigenvalue weighted by Gasteiger charge is 2.11. The van der Waals surface area contributed by atoms with Crippen LogP contribution in [0.25, 0.3) is 0 Å². The Kier molecular flexibility index (Phi) is 4.15. The van der Waals surface area contributed by atoms with Crippen molar-refractivity contribution in [1.82, 2.24) is 4.98 Å². The van der Waals surface area contributed by atoms with Gasteiger partial charge in [0.2, 0.25) is 0 Å². The van der Waals surface area contributed by atoms with Crippen LogP contribution in [-0.4, -0.2) is 10.1 Å². The van der Waals surface area contributed by atoms with E-state index in [1.807, 2.05) is 6.07 Å². The van der Waals surface area contributed by atoms with Crippen molar-refractivity contribution in [1.29, 1.82) is 5.26 Å². The van der Waals surface area contributed by atoms with E-state index in [2.05, 4.69) is 20.9 Å². The van der Waals surface area contributed by atoms with Crippen LogP contribution in [0.3, 0.4) is 0 Å². The van der Waals surface area contributed by atoms with E-state index in [4.69, 9.17) is 10.00 Å². The summed E-state index contributed by atoms with van der Waals surface area (Å²) in [5.41, 5.74) is 1.10. The highest BCUT2D eigenvalue weighted by Crippen LogP contribution is 2.31. The Hall–Kier alpha value is -1.90. The molecule has 1 aromatic carbocycles. The molecule has 0 aliphatic carbocycles. The van der Waals surface area contributed by atoms with Gasteiger partial charge in [0.05, 0.1) is 23.9 Å². The third-order valence-corrected chi connectivity index (χ3v) is 2.93. The van der Waals surface area contributed by atoms with Gasteiger partial charge in [0, 0.05) is 16.2 Å². The third kappa shape index (κ3) is 3.31.